The van der Waals surface area contributed by atoms with E-state index in [0.29, 0.717) is 5.92 Å². The smallest absolute Gasteiger partial charge is 0.129 e. The van der Waals surface area contributed by atoms with Gasteiger partial charge in [0, 0.05) is 25.8 Å². The summed E-state index contributed by atoms with van der Waals surface area (Å²) in [5.74, 6) is 2.29. The van der Waals surface area contributed by atoms with Gasteiger partial charge in [0.15, 0.2) is 0 Å². The Hall–Kier alpha value is -1.96. The molecule has 0 bridgehead atoms. The second-order valence-corrected chi connectivity index (χ2v) is 5.22. The fourth-order valence-corrected chi connectivity index (χ4v) is 1.88. The number of benzene rings is 2. The molecule has 0 aliphatic rings. The van der Waals surface area contributed by atoms with Crippen molar-refractivity contribution in [1.29, 1.82) is 0 Å². The highest BCUT2D eigenvalue weighted by molar-refractivity contribution is 5.50. The molecule has 2 rings (SSSR count). The lowest BCUT2D eigenvalue weighted by Crippen LogP contribution is -2.08. The highest BCUT2D eigenvalue weighted by Gasteiger charge is 2.02. The maximum atomic E-state index is 5.88. The van der Waals surface area contributed by atoms with E-state index >= 15 is 0 Å². The molecular weight excluding hydrogens is 234 g/mol. The highest BCUT2D eigenvalue weighted by atomic mass is 16.5. The Balaban J connectivity index is 2.14. The van der Waals surface area contributed by atoms with Crippen LogP contribution < -0.4 is 9.64 Å². The fraction of sp³-hybridized carbons (Fsp3) is 0.294. The molecule has 0 aromatic heterocycles. The molecule has 0 spiro atoms. The van der Waals surface area contributed by atoms with Crippen molar-refractivity contribution in [2.45, 2.75) is 19.8 Å². The van der Waals surface area contributed by atoms with Crippen molar-refractivity contribution in [1.82, 2.24) is 0 Å². The molecule has 0 fully saturated rings. The molecule has 0 atom stereocenters. The number of hydrogen-bond acceptors (Lipinski definition) is 2. The minimum atomic E-state index is 0.547. The largest absolute Gasteiger partial charge is 0.457 e. The molecule has 0 N–H and O–H groups in total. The molecular formula is C17H21NO. The normalized spacial score (nSPS) is 10.6. The van der Waals surface area contributed by atoms with Crippen LogP contribution in [0.15, 0.2) is 48.5 Å². The van der Waals surface area contributed by atoms with E-state index in [9.17, 15) is 0 Å². The van der Waals surface area contributed by atoms with Crippen molar-refractivity contribution in [2.75, 3.05) is 19.0 Å². The Morgan fingerprint density at radius 1 is 0.895 bits per heavy atom. The third-order valence-electron chi connectivity index (χ3n) is 3.12. The minimum Gasteiger partial charge on any atom is -0.457 e. The van der Waals surface area contributed by atoms with Gasteiger partial charge in [0.05, 0.1) is 0 Å². The van der Waals surface area contributed by atoms with Crippen LogP contribution in [0.3, 0.4) is 0 Å². The Morgan fingerprint density at radius 2 is 1.58 bits per heavy atom. The first-order valence-electron chi connectivity index (χ1n) is 6.61. The van der Waals surface area contributed by atoms with E-state index in [1.54, 1.807) is 0 Å². The molecule has 100 valence electrons. The molecule has 0 unspecified atom stereocenters. The van der Waals surface area contributed by atoms with Gasteiger partial charge in [-0.05, 0) is 35.7 Å². The zero-order valence-corrected chi connectivity index (χ0v) is 12.1. The number of nitrogens with zero attached hydrogens (tertiary/aromatic N) is 1. The van der Waals surface area contributed by atoms with Gasteiger partial charge < -0.3 is 9.64 Å². The van der Waals surface area contributed by atoms with Gasteiger partial charge in [0.25, 0.3) is 0 Å². The van der Waals surface area contributed by atoms with E-state index in [0.717, 1.165) is 17.2 Å². The van der Waals surface area contributed by atoms with Crippen LogP contribution in [0, 0.1) is 0 Å². The van der Waals surface area contributed by atoms with Crippen molar-refractivity contribution in [3.8, 4) is 11.5 Å². The van der Waals surface area contributed by atoms with Gasteiger partial charge in [0.2, 0.25) is 0 Å². The SMILES string of the molecule is CC(C)c1ccc(Oc2cccc(N(C)C)c2)cc1. The standard InChI is InChI=1S/C17H21NO/c1-13(2)14-8-10-16(11-9-14)19-17-7-5-6-15(12-17)18(3)4/h5-13H,1-4H3. The molecule has 2 aromatic rings. The molecule has 2 nitrogen and oxygen atoms in total. The molecule has 0 aliphatic heterocycles. The maximum absolute atomic E-state index is 5.88. The summed E-state index contributed by atoms with van der Waals surface area (Å²) in [7, 11) is 4.05. The number of rotatable bonds is 4. The average molecular weight is 255 g/mol. The van der Waals surface area contributed by atoms with Crippen molar-refractivity contribution >= 4 is 5.69 Å². The monoisotopic (exact) mass is 255 g/mol. The summed E-state index contributed by atoms with van der Waals surface area (Å²) < 4.78 is 5.88. The van der Waals surface area contributed by atoms with Gasteiger partial charge in [-0.15, -0.1) is 0 Å². The molecule has 0 amide bonds. The predicted octanol–water partition coefficient (Wildman–Crippen LogP) is 4.67. The van der Waals surface area contributed by atoms with Gasteiger partial charge in [-0.1, -0.05) is 32.0 Å². The van der Waals surface area contributed by atoms with Crippen molar-refractivity contribution in [3.05, 3.63) is 54.1 Å². The fourth-order valence-electron chi connectivity index (χ4n) is 1.88. The molecule has 0 aliphatic carbocycles. The number of ether oxygens (including phenoxy) is 1. The summed E-state index contributed by atoms with van der Waals surface area (Å²) in [6.45, 7) is 4.38. The van der Waals surface area contributed by atoms with Crippen LogP contribution in [0.25, 0.3) is 0 Å². The van der Waals surface area contributed by atoms with Crippen LogP contribution >= 0.6 is 0 Å². The summed E-state index contributed by atoms with van der Waals surface area (Å²) in [4.78, 5) is 2.06. The second-order valence-electron chi connectivity index (χ2n) is 5.22. The lowest BCUT2D eigenvalue weighted by atomic mass is 10.0. The third kappa shape index (κ3) is 3.50. The van der Waals surface area contributed by atoms with Gasteiger partial charge in [-0.25, -0.2) is 0 Å². The lowest BCUT2D eigenvalue weighted by molar-refractivity contribution is 0.482. The Bertz CT molecular complexity index is 529. The second kappa shape index (κ2) is 5.79. The van der Waals surface area contributed by atoms with Gasteiger partial charge in [-0.3, -0.25) is 0 Å². The Morgan fingerprint density at radius 3 is 2.16 bits per heavy atom. The van der Waals surface area contributed by atoms with E-state index in [4.69, 9.17) is 4.74 Å². The minimum absolute atomic E-state index is 0.547. The molecule has 2 heteroatoms. The first-order chi connectivity index (χ1) is 9.06. The number of anilines is 1. The number of hydrogen-bond donors (Lipinski definition) is 0. The van der Waals surface area contributed by atoms with Gasteiger partial charge in [0.1, 0.15) is 11.5 Å². The van der Waals surface area contributed by atoms with Crippen LogP contribution in [-0.4, -0.2) is 14.1 Å². The quantitative estimate of drug-likeness (QED) is 0.787. The van der Waals surface area contributed by atoms with Gasteiger partial charge >= 0.3 is 0 Å². The van der Waals surface area contributed by atoms with Crippen LogP contribution in [0.1, 0.15) is 25.3 Å². The van der Waals surface area contributed by atoms with Crippen LogP contribution in [0.5, 0.6) is 11.5 Å². The van der Waals surface area contributed by atoms with Crippen molar-refractivity contribution in [2.24, 2.45) is 0 Å². The van der Waals surface area contributed by atoms with Gasteiger partial charge in [-0.2, -0.15) is 0 Å². The summed E-state index contributed by atoms with van der Waals surface area (Å²) in [6, 6.07) is 16.4. The predicted molar refractivity (Wildman–Crippen MR) is 81.4 cm³/mol. The summed E-state index contributed by atoms with van der Waals surface area (Å²) in [5, 5.41) is 0. The van der Waals surface area contributed by atoms with Crippen molar-refractivity contribution in [3.63, 3.8) is 0 Å². The van der Waals surface area contributed by atoms with E-state index < -0.39 is 0 Å². The summed E-state index contributed by atoms with van der Waals surface area (Å²) in [5.41, 5.74) is 2.46. The molecule has 2 aromatic carbocycles. The van der Waals surface area contributed by atoms with Crippen LogP contribution in [0.2, 0.25) is 0 Å². The summed E-state index contributed by atoms with van der Waals surface area (Å²) in [6.07, 6.45) is 0. The first-order valence-corrected chi connectivity index (χ1v) is 6.61. The van der Waals surface area contributed by atoms with E-state index in [-0.39, 0.29) is 0 Å². The average Bonchev–Trinajstić information content (AvgIpc) is 2.39. The molecule has 0 saturated heterocycles. The third-order valence-corrected chi connectivity index (χ3v) is 3.12. The Labute approximate surface area is 115 Å². The zero-order valence-electron chi connectivity index (χ0n) is 12.1. The van der Waals surface area contributed by atoms with Crippen LogP contribution in [0.4, 0.5) is 5.69 Å². The lowest BCUT2D eigenvalue weighted by Gasteiger charge is -2.14. The molecule has 0 saturated carbocycles. The van der Waals surface area contributed by atoms with E-state index in [1.807, 2.05) is 44.4 Å². The van der Waals surface area contributed by atoms with Crippen LogP contribution in [-0.2, 0) is 0 Å². The molecule has 19 heavy (non-hydrogen) atoms. The van der Waals surface area contributed by atoms with Crippen molar-refractivity contribution < 1.29 is 4.74 Å². The molecule has 0 radical (unpaired) electrons. The maximum Gasteiger partial charge on any atom is 0.129 e. The van der Waals surface area contributed by atoms with E-state index in [2.05, 4.69) is 36.9 Å². The Kier molecular flexibility index (Phi) is 4.10. The van der Waals surface area contributed by atoms with E-state index in [1.165, 1.54) is 5.56 Å². The molecule has 0 heterocycles. The first kappa shape index (κ1) is 13.5. The zero-order chi connectivity index (χ0) is 13.8. The summed E-state index contributed by atoms with van der Waals surface area (Å²) >= 11 is 0. The topological polar surface area (TPSA) is 12.5 Å². The highest BCUT2D eigenvalue weighted by Crippen LogP contribution is 2.26.